The van der Waals surface area contributed by atoms with Gasteiger partial charge >= 0.3 is 0 Å². The number of halogens is 1. The van der Waals surface area contributed by atoms with E-state index in [1.54, 1.807) is 18.2 Å². The number of nitrogens with two attached hydrogens (primary N) is 4. The summed E-state index contributed by atoms with van der Waals surface area (Å²) in [5, 5.41) is 0. The molecule has 0 spiro atoms. The van der Waals surface area contributed by atoms with Gasteiger partial charge in [0.05, 0.1) is 26.4 Å². The van der Waals surface area contributed by atoms with E-state index in [4.69, 9.17) is 41.9 Å². The van der Waals surface area contributed by atoms with Gasteiger partial charge in [-0.25, -0.2) is 4.39 Å². The molecule has 0 aromatic heterocycles. The van der Waals surface area contributed by atoms with Crippen molar-refractivity contribution in [2.24, 2.45) is 22.9 Å². The lowest BCUT2D eigenvalue weighted by Gasteiger charge is -2.10. The zero-order valence-electron chi connectivity index (χ0n) is 24.5. The highest BCUT2D eigenvalue weighted by atomic mass is 19.1. The van der Waals surface area contributed by atoms with Crippen LogP contribution in [-0.4, -0.2) is 52.6 Å². The van der Waals surface area contributed by atoms with Crippen molar-refractivity contribution < 1.29 is 23.3 Å². The average molecular weight is 589 g/mol. The van der Waals surface area contributed by atoms with Gasteiger partial charge in [-0.05, 0) is 94.3 Å². The molecule has 0 aliphatic heterocycles. The smallest absolute Gasteiger partial charge is 0.125 e. The molecular formula is C34H41FN4O4. The van der Waals surface area contributed by atoms with Crippen LogP contribution >= 0.6 is 0 Å². The molecule has 0 aliphatic rings. The topological polar surface area (TPSA) is 141 Å². The van der Waals surface area contributed by atoms with Crippen LogP contribution in [0.5, 0.6) is 23.0 Å². The van der Waals surface area contributed by atoms with Gasteiger partial charge in [-0.15, -0.1) is 0 Å². The van der Waals surface area contributed by atoms with Crippen molar-refractivity contribution in [3.05, 3.63) is 82.7 Å². The van der Waals surface area contributed by atoms with Crippen LogP contribution in [0.15, 0.2) is 54.6 Å². The quantitative estimate of drug-likeness (QED) is 0.147. The summed E-state index contributed by atoms with van der Waals surface area (Å²) in [6, 6.07) is 15.3. The SMILES string of the molecule is NCCCOc1cc(C#Cc2cc(F)cc(C#Cc3cc(OCCCN)cc(OCCCN)c3)c2)cc(OCCCN)c1. The molecule has 8 nitrogen and oxygen atoms in total. The molecule has 0 amide bonds. The molecule has 43 heavy (non-hydrogen) atoms. The molecule has 0 atom stereocenters. The van der Waals surface area contributed by atoms with Crippen molar-refractivity contribution in [1.29, 1.82) is 0 Å². The van der Waals surface area contributed by atoms with Crippen molar-refractivity contribution in [2.45, 2.75) is 25.7 Å². The van der Waals surface area contributed by atoms with Crippen molar-refractivity contribution in [3.8, 4) is 46.7 Å². The number of rotatable bonds is 16. The van der Waals surface area contributed by atoms with Crippen LogP contribution in [0.4, 0.5) is 4.39 Å². The Bertz CT molecular complexity index is 1270. The molecule has 0 bridgehead atoms. The van der Waals surface area contributed by atoms with Gasteiger partial charge in [0, 0.05) is 34.4 Å². The van der Waals surface area contributed by atoms with E-state index in [1.165, 1.54) is 12.1 Å². The third-order valence-electron chi connectivity index (χ3n) is 5.83. The third kappa shape index (κ3) is 12.7. The Morgan fingerprint density at radius 1 is 0.419 bits per heavy atom. The van der Waals surface area contributed by atoms with Gasteiger partial charge in [0.15, 0.2) is 0 Å². The molecule has 0 heterocycles. The maximum absolute atomic E-state index is 14.6. The van der Waals surface area contributed by atoms with E-state index in [0.717, 1.165) is 25.7 Å². The fraction of sp³-hybridized carbons (Fsp3) is 0.353. The Hall–Kier alpha value is -4.25. The first-order chi connectivity index (χ1) is 21.0. The Morgan fingerprint density at radius 2 is 0.698 bits per heavy atom. The number of hydrogen-bond acceptors (Lipinski definition) is 8. The molecule has 9 heteroatoms. The highest BCUT2D eigenvalue weighted by Gasteiger charge is 2.05. The second-order valence-electron chi connectivity index (χ2n) is 9.58. The lowest BCUT2D eigenvalue weighted by Crippen LogP contribution is -2.07. The largest absolute Gasteiger partial charge is 0.493 e. The number of ether oxygens (including phenoxy) is 4. The van der Waals surface area contributed by atoms with Gasteiger partial charge < -0.3 is 41.9 Å². The first-order valence-electron chi connectivity index (χ1n) is 14.5. The van der Waals surface area contributed by atoms with Crippen LogP contribution in [0.25, 0.3) is 0 Å². The van der Waals surface area contributed by atoms with Gasteiger partial charge in [-0.2, -0.15) is 0 Å². The lowest BCUT2D eigenvalue weighted by molar-refractivity contribution is 0.297. The summed E-state index contributed by atoms with van der Waals surface area (Å²) in [5.41, 5.74) is 24.6. The molecule has 0 saturated carbocycles. The van der Waals surface area contributed by atoms with Gasteiger partial charge in [0.1, 0.15) is 28.8 Å². The highest BCUT2D eigenvalue weighted by Crippen LogP contribution is 2.24. The third-order valence-corrected chi connectivity index (χ3v) is 5.83. The Kier molecular flexibility index (Phi) is 14.7. The molecule has 0 aliphatic carbocycles. The van der Waals surface area contributed by atoms with E-state index < -0.39 is 5.82 Å². The number of benzene rings is 3. The van der Waals surface area contributed by atoms with Crippen molar-refractivity contribution in [1.82, 2.24) is 0 Å². The van der Waals surface area contributed by atoms with Crippen LogP contribution in [0, 0.1) is 29.5 Å². The molecule has 8 N–H and O–H groups in total. The van der Waals surface area contributed by atoms with E-state index in [9.17, 15) is 4.39 Å². The summed E-state index contributed by atoms with van der Waals surface area (Å²) in [4.78, 5) is 0. The minimum atomic E-state index is -0.439. The van der Waals surface area contributed by atoms with Gasteiger partial charge in [-0.1, -0.05) is 23.7 Å². The minimum Gasteiger partial charge on any atom is -0.493 e. The van der Waals surface area contributed by atoms with E-state index in [0.29, 0.717) is 97.9 Å². The monoisotopic (exact) mass is 588 g/mol. The van der Waals surface area contributed by atoms with Crippen molar-refractivity contribution >= 4 is 0 Å². The number of hydrogen-bond donors (Lipinski definition) is 4. The summed E-state index contributed by atoms with van der Waals surface area (Å²) in [7, 11) is 0. The maximum atomic E-state index is 14.6. The molecule has 0 fully saturated rings. The van der Waals surface area contributed by atoms with Crippen molar-refractivity contribution in [3.63, 3.8) is 0 Å². The summed E-state index contributed by atoms with van der Waals surface area (Å²) in [6.07, 6.45) is 2.89. The summed E-state index contributed by atoms with van der Waals surface area (Å²) >= 11 is 0. The van der Waals surface area contributed by atoms with Crippen LogP contribution in [-0.2, 0) is 0 Å². The van der Waals surface area contributed by atoms with Gasteiger partial charge in [0.25, 0.3) is 0 Å². The predicted molar refractivity (Wildman–Crippen MR) is 168 cm³/mol. The normalized spacial score (nSPS) is 10.3. The van der Waals surface area contributed by atoms with E-state index in [1.807, 2.05) is 24.3 Å². The van der Waals surface area contributed by atoms with Crippen LogP contribution in [0.1, 0.15) is 47.9 Å². The van der Waals surface area contributed by atoms with Gasteiger partial charge in [0.2, 0.25) is 0 Å². The Balaban J connectivity index is 1.85. The standard InChI is InChI=1S/C34H41FN4O4/c35-30-18-26(5-7-28-20-31(40-13-1-9-36)24-32(21-28)41-14-2-10-37)17-27(19-30)6-8-29-22-33(42-15-3-11-38)25-34(23-29)43-16-4-12-39/h17-25H,1-4,9-16,36-39H2. The molecule has 0 unspecified atom stereocenters. The fourth-order valence-corrected chi connectivity index (χ4v) is 3.74. The van der Waals surface area contributed by atoms with Crippen LogP contribution in [0.3, 0.4) is 0 Å². The molecule has 228 valence electrons. The Morgan fingerprint density at radius 3 is 0.977 bits per heavy atom. The fourth-order valence-electron chi connectivity index (χ4n) is 3.74. The second-order valence-corrected chi connectivity index (χ2v) is 9.58. The molecule has 3 aromatic carbocycles. The zero-order valence-corrected chi connectivity index (χ0v) is 24.5. The maximum Gasteiger partial charge on any atom is 0.125 e. The lowest BCUT2D eigenvalue weighted by atomic mass is 10.1. The zero-order chi connectivity index (χ0) is 30.7. The molecule has 3 rings (SSSR count). The summed E-state index contributed by atoms with van der Waals surface area (Å²) < 4.78 is 37.8. The summed E-state index contributed by atoms with van der Waals surface area (Å²) in [6.45, 7) is 4.03. The summed E-state index contributed by atoms with van der Waals surface area (Å²) in [5.74, 6) is 14.3. The van der Waals surface area contributed by atoms with E-state index >= 15 is 0 Å². The second kappa shape index (κ2) is 19.0. The molecule has 3 aromatic rings. The minimum absolute atomic E-state index is 0.439. The molecule has 0 saturated heterocycles. The van der Waals surface area contributed by atoms with E-state index in [-0.39, 0.29) is 0 Å². The molecule has 0 radical (unpaired) electrons. The van der Waals surface area contributed by atoms with Crippen molar-refractivity contribution in [2.75, 3.05) is 52.6 Å². The average Bonchev–Trinajstić information content (AvgIpc) is 2.99. The van der Waals surface area contributed by atoms with Gasteiger partial charge in [-0.3, -0.25) is 0 Å². The van der Waals surface area contributed by atoms with Crippen LogP contribution < -0.4 is 41.9 Å². The predicted octanol–water partition coefficient (Wildman–Crippen LogP) is 3.54. The van der Waals surface area contributed by atoms with Crippen LogP contribution in [0.2, 0.25) is 0 Å². The van der Waals surface area contributed by atoms with E-state index in [2.05, 4.69) is 23.7 Å². The first kappa shape index (κ1) is 33.3. The highest BCUT2D eigenvalue weighted by molar-refractivity contribution is 5.53. The Labute approximate surface area is 253 Å². The first-order valence-corrected chi connectivity index (χ1v) is 14.5. The molecular weight excluding hydrogens is 547 g/mol.